The molecule has 0 spiro atoms. The Bertz CT molecular complexity index is 744. The largest absolute Gasteiger partial charge is 0.495 e. The highest BCUT2D eigenvalue weighted by molar-refractivity contribution is 9.12. The molecule has 0 aliphatic heterocycles. The van der Waals surface area contributed by atoms with Gasteiger partial charge in [-0.05, 0) is 56.1 Å². The fourth-order valence-electron chi connectivity index (χ4n) is 1.51. The molecule has 1 aromatic carbocycles. The van der Waals surface area contributed by atoms with Crippen LogP contribution in [0.15, 0.2) is 36.7 Å². The van der Waals surface area contributed by atoms with Gasteiger partial charge in [-0.15, -0.1) is 11.3 Å². The van der Waals surface area contributed by atoms with Gasteiger partial charge in [-0.1, -0.05) is 0 Å². The number of halogens is 2. The molecule has 0 unspecified atom stereocenters. The molecule has 2 rings (SSSR count). The number of rotatable bonds is 4. The van der Waals surface area contributed by atoms with E-state index < -0.39 is 10.0 Å². The lowest BCUT2D eigenvalue weighted by Gasteiger charge is -2.12. The lowest BCUT2D eigenvalue weighted by molar-refractivity contribution is 0.417. The summed E-state index contributed by atoms with van der Waals surface area (Å²) in [4.78, 5) is 0.152. The second kappa shape index (κ2) is 5.92. The maximum absolute atomic E-state index is 12.4. The van der Waals surface area contributed by atoms with E-state index in [1.807, 2.05) is 0 Å². The van der Waals surface area contributed by atoms with Crippen LogP contribution in [-0.2, 0) is 10.0 Å². The van der Waals surface area contributed by atoms with E-state index in [0.717, 1.165) is 0 Å². The van der Waals surface area contributed by atoms with E-state index in [-0.39, 0.29) is 4.90 Å². The monoisotopic (exact) mass is 440 g/mol. The normalized spacial score (nSPS) is 11.3. The predicted octanol–water partition coefficient (Wildman–Crippen LogP) is 3.66. The third kappa shape index (κ3) is 3.27. The van der Waals surface area contributed by atoms with Gasteiger partial charge >= 0.3 is 0 Å². The minimum atomic E-state index is -3.72. The third-order valence-electron chi connectivity index (χ3n) is 2.38. The molecule has 3 N–H and O–H groups in total. The number of ether oxygens (including phenoxy) is 1. The molecule has 0 saturated heterocycles. The summed E-state index contributed by atoms with van der Waals surface area (Å²) < 4.78 is 33.5. The molecule has 108 valence electrons. The van der Waals surface area contributed by atoms with Gasteiger partial charge in [0.1, 0.15) is 10.6 Å². The van der Waals surface area contributed by atoms with Crippen LogP contribution < -0.4 is 15.2 Å². The van der Waals surface area contributed by atoms with E-state index in [1.54, 1.807) is 12.1 Å². The Morgan fingerprint density at radius 1 is 1.30 bits per heavy atom. The molecule has 0 atom stereocenters. The third-order valence-corrected chi connectivity index (χ3v) is 6.50. The molecule has 0 saturated carbocycles. The Hall–Kier alpha value is -0.770. The van der Waals surface area contributed by atoms with Crippen molar-refractivity contribution in [1.82, 2.24) is 0 Å². The van der Waals surface area contributed by atoms with Crippen molar-refractivity contribution in [2.24, 2.45) is 0 Å². The summed E-state index contributed by atoms with van der Waals surface area (Å²) in [7, 11) is -2.27. The molecule has 2 aromatic rings. The molecule has 0 fully saturated rings. The molecule has 0 radical (unpaired) electrons. The minimum absolute atomic E-state index is 0.152. The smallest absolute Gasteiger partial charge is 0.264 e. The van der Waals surface area contributed by atoms with Crippen molar-refractivity contribution < 1.29 is 13.2 Å². The van der Waals surface area contributed by atoms with E-state index in [0.29, 0.717) is 24.7 Å². The number of anilines is 2. The van der Waals surface area contributed by atoms with Crippen LogP contribution in [0.4, 0.5) is 11.4 Å². The van der Waals surface area contributed by atoms with Crippen molar-refractivity contribution in [2.45, 2.75) is 4.90 Å². The summed E-state index contributed by atoms with van der Waals surface area (Å²) in [6.07, 6.45) is 0. The Balaban J connectivity index is 2.43. The lowest BCUT2D eigenvalue weighted by Crippen LogP contribution is -2.13. The van der Waals surface area contributed by atoms with Crippen molar-refractivity contribution in [1.29, 1.82) is 0 Å². The van der Waals surface area contributed by atoms with Crippen LogP contribution in [0.2, 0.25) is 0 Å². The molecule has 0 amide bonds. The van der Waals surface area contributed by atoms with Crippen molar-refractivity contribution >= 4 is 64.6 Å². The van der Waals surface area contributed by atoms with Crippen LogP contribution in [0, 0.1) is 0 Å². The number of nitrogens with one attached hydrogen (secondary N) is 1. The van der Waals surface area contributed by atoms with Gasteiger partial charge in [0, 0.05) is 5.69 Å². The number of hydrogen-bond donors (Lipinski definition) is 2. The molecule has 1 heterocycles. The summed E-state index contributed by atoms with van der Waals surface area (Å²) in [6.45, 7) is 0. The average molecular weight is 442 g/mol. The maximum Gasteiger partial charge on any atom is 0.264 e. The number of nitrogen functional groups attached to an aromatic ring is 1. The molecule has 9 heteroatoms. The Morgan fingerprint density at radius 3 is 2.55 bits per heavy atom. The van der Waals surface area contributed by atoms with Crippen molar-refractivity contribution in [3.05, 3.63) is 31.8 Å². The standard InChI is InChI=1S/C11H10Br2N2O3S2/c1-18-8-3-2-6(14)4-7(8)15-20(16,17)9-5-10(12)19-11(9)13/h2-5,15H,14H2,1H3. The lowest BCUT2D eigenvalue weighted by atomic mass is 10.2. The van der Waals surface area contributed by atoms with Crippen LogP contribution in [0.1, 0.15) is 0 Å². The summed E-state index contributed by atoms with van der Waals surface area (Å²) in [5, 5.41) is 0. The average Bonchev–Trinajstić information content (AvgIpc) is 2.69. The first kappa shape index (κ1) is 15.6. The van der Waals surface area contributed by atoms with Crippen LogP contribution in [0.25, 0.3) is 0 Å². The van der Waals surface area contributed by atoms with Gasteiger partial charge in [-0.25, -0.2) is 8.42 Å². The molecule has 0 aliphatic rings. The first-order valence-electron chi connectivity index (χ1n) is 5.24. The summed E-state index contributed by atoms with van der Waals surface area (Å²) >= 11 is 7.76. The van der Waals surface area contributed by atoms with Gasteiger partial charge in [0.25, 0.3) is 10.0 Å². The molecule has 20 heavy (non-hydrogen) atoms. The van der Waals surface area contributed by atoms with E-state index >= 15 is 0 Å². The van der Waals surface area contributed by atoms with E-state index in [1.165, 1.54) is 30.6 Å². The maximum atomic E-state index is 12.4. The Kier molecular flexibility index (Phi) is 4.62. The fraction of sp³-hybridized carbons (Fsp3) is 0.0909. The van der Waals surface area contributed by atoms with Gasteiger partial charge in [0.2, 0.25) is 0 Å². The zero-order valence-corrected chi connectivity index (χ0v) is 15.0. The summed E-state index contributed by atoms with van der Waals surface area (Å²) in [5.74, 6) is 0.396. The number of nitrogens with two attached hydrogens (primary N) is 1. The number of sulfonamides is 1. The van der Waals surface area contributed by atoms with E-state index in [4.69, 9.17) is 10.5 Å². The van der Waals surface area contributed by atoms with Crippen molar-refractivity contribution in [2.75, 3.05) is 17.6 Å². The highest BCUT2D eigenvalue weighted by atomic mass is 79.9. The predicted molar refractivity (Wildman–Crippen MR) is 87.9 cm³/mol. The number of methoxy groups -OCH3 is 1. The van der Waals surface area contributed by atoms with Gasteiger partial charge in [-0.2, -0.15) is 0 Å². The number of benzene rings is 1. The number of hydrogen-bond acceptors (Lipinski definition) is 5. The summed E-state index contributed by atoms with van der Waals surface area (Å²) in [6, 6.07) is 6.26. The fourth-order valence-corrected chi connectivity index (χ4v) is 6.39. The SMILES string of the molecule is COc1ccc(N)cc1NS(=O)(=O)c1cc(Br)sc1Br. The van der Waals surface area contributed by atoms with Crippen molar-refractivity contribution in [3.63, 3.8) is 0 Å². The van der Waals surface area contributed by atoms with Gasteiger partial charge in [0.15, 0.2) is 0 Å². The molecule has 0 bridgehead atoms. The molecule has 5 nitrogen and oxygen atoms in total. The summed E-state index contributed by atoms with van der Waals surface area (Å²) in [5.41, 5.74) is 6.40. The number of thiophene rings is 1. The highest BCUT2D eigenvalue weighted by Crippen LogP contribution is 2.37. The second-order valence-electron chi connectivity index (χ2n) is 3.75. The molecular weight excluding hydrogens is 432 g/mol. The van der Waals surface area contributed by atoms with Crippen LogP contribution >= 0.6 is 43.2 Å². The zero-order chi connectivity index (χ0) is 14.9. The van der Waals surface area contributed by atoms with E-state index in [9.17, 15) is 8.42 Å². The second-order valence-corrected chi connectivity index (χ2v) is 9.15. The van der Waals surface area contributed by atoms with E-state index in [2.05, 4.69) is 36.6 Å². The van der Waals surface area contributed by atoms with Crippen LogP contribution in [0.5, 0.6) is 5.75 Å². The van der Waals surface area contributed by atoms with Crippen molar-refractivity contribution in [3.8, 4) is 5.75 Å². The quantitative estimate of drug-likeness (QED) is 0.709. The van der Waals surface area contributed by atoms with Crippen LogP contribution in [-0.4, -0.2) is 15.5 Å². The van der Waals surface area contributed by atoms with Gasteiger partial charge < -0.3 is 10.5 Å². The molecule has 1 aromatic heterocycles. The Labute approximate surface area is 137 Å². The first-order chi connectivity index (χ1) is 9.33. The molecule has 0 aliphatic carbocycles. The van der Waals surface area contributed by atoms with Gasteiger partial charge in [0.05, 0.1) is 20.4 Å². The minimum Gasteiger partial charge on any atom is -0.495 e. The first-order valence-corrected chi connectivity index (χ1v) is 9.13. The zero-order valence-electron chi connectivity index (χ0n) is 10.2. The van der Waals surface area contributed by atoms with Crippen LogP contribution in [0.3, 0.4) is 0 Å². The van der Waals surface area contributed by atoms with Gasteiger partial charge in [-0.3, -0.25) is 4.72 Å². The molecular formula is C11H10Br2N2O3S2. The Morgan fingerprint density at radius 2 is 2.00 bits per heavy atom. The topological polar surface area (TPSA) is 81.4 Å². The highest BCUT2D eigenvalue weighted by Gasteiger charge is 2.22.